The summed E-state index contributed by atoms with van der Waals surface area (Å²) in [5.41, 5.74) is 1.21. The molecule has 0 radical (unpaired) electrons. The Balaban J connectivity index is 1.77. The lowest BCUT2D eigenvalue weighted by Gasteiger charge is -2.10. The van der Waals surface area contributed by atoms with E-state index >= 15 is 0 Å². The maximum absolute atomic E-state index is 11.2. The Morgan fingerprint density at radius 2 is 2.15 bits per heavy atom. The van der Waals surface area contributed by atoms with Crippen molar-refractivity contribution in [3.8, 4) is 0 Å². The molecule has 0 amide bonds. The normalized spacial score (nSPS) is 16.4. The quantitative estimate of drug-likeness (QED) is 0.751. The van der Waals surface area contributed by atoms with Crippen molar-refractivity contribution < 1.29 is 19.4 Å². The molecule has 1 saturated carbocycles. The lowest BCUT2D eigenvalue weighted by molar-refractivity contribution is 0.0663. The second-order valence-electron chi connectivity index (χ2n) is 5.25. The molecule has 1 aromatic carbocycles. The predicted octanol–water partition coefficient (Wildman–Crippen LogP) is 1.99. The topological polar surface area (TPSA) is 82.7 Å². The first kappa shape index (κ1) is 13.1. The molecule has 20 heavy (non-hydrogen) atoms. The molecule has 2 aromatic rings. The number of nitrogens with one attached hydrogen (secondary N) is 1. The molecular formula is C15H17NO4. The summed E-state index contributed by atoms with van der Waals surface area (Å²) in [7, 11) is 0. The number of rotatable bonds is 6. The summed E-state index contributed by atoms with van der Waals surface area (Å²) < 4.78 is 5.38. The molecule has 5 nitrogen and oxygen atoms in total. The number of benzene rings is 1. The van der Waals surface area contributed by atoms with Crippen molar-refractivity contribution in [2.75, 3.05) is 6.54 Å². The third-order valence-electron chi connectivity index (χ3n) is 3.71. The Morgan fingerprint density at radius 1 is 1.40 bits per heavy atom. The van der Waals surface area contributed by atoms with Crippen LogP contribution in [0.5, 0.6) is 0 Å². The average molecular weight is 275 g/mol. The summed E-state index contributed by atoms with van der Waals surface area (Å²) in [5.74, 6) is -0.692. The van der Waals surface area contributed by atoms with E-state index in [1.165, 1.54) is 0 Å². The SMILES string of the molecule is O=C(O)c1oc2ccccc2c1CNCC(O)C1CC1. The third kappa shape index (κ3) is 2.55. The van der Waals surface area contributed by atoms with E-state index in [1.807, 2.05) is 18.2 Å². The minimum Gasteiger partial charge on any atom is -0.475 e. The highest BCUT2D eigenvalue weighted by molar-refractivity contribution is 5.95. The zero-order valence-electron chi connectivity index (χ0n) is 11.0. The van der Waals surface area contributed by atoms with Crippen LogP contribution in [0.25, 0.3) is 11.0 Å². The smallest absolute Gasteiger partial charge is 0.372 e. The van der Waals surface area contributed by atoms with Gasteiger partial charge in [-0.3, -0.25) is 0 Å². The maximum Gasteiger partial charge on any atom is 0.372 e. The Hall–Kier alpha value is -1.85. The van der Waals surface area contributed by atoms with Gasteiger partial charge in [-0.25, -0.2) is 4.79 Å². The van der Waals surface area contributed by atoms with E-state index < -0.39 is 5.97 Å². The molecule has 1 aliphatic carbocycles. The largest absolute Gasteiger partial charge is 0.475 e. The van der Waals surface area contributed by atoms with Crippen molar-refractivity contribution in [2.24, 2.45) is 5.92 Å². The second kappa shape index (κ2) is 5.26. The summed E-state index contributed by atoms with van der Waals surface area (Å²) >= 11 is 0. The number of hydrogen-bond acceptors (Lipinski definition) is 4. The Kier molecular flexibility index (Phi) is 3.46. The van der Waals surface area contributed by atoms with Crippen LogP contribution in [0.4, 0.5) is 0 Å². The van der Waals surface area contributed by atoms with Crippen molar-refractivity contribution >= 4 is 16.9 Å². The van der Waals surface area contributed by atoms with E-state index in [2.05, 4.69) is 5.32 Å². The Labute approximate surface area is 116 Å². The van der Waals surface area contributed by atoms with Crippen LogP contribution in [0.1, 0.15) is 29.0 Å². The minimum atomic E-state index is -1.07. The van der Waals surface area contributed by atoms with Crippen LogP contribution in [0, 0.1) is 5.92 Å². The standard InChI is InChI=1S/C15H17NO4/c17-12(9-5-6-9)8-16-7-11-10-3-1-2-4-13(10)20-14(11)15(18)19/h1-4,9,12,16-17H,5-8H2,(H,18,19). The van der Waals surface area contributed by atoms with Crippen LogP contribution in [-0.2, 0) is 6.54 Å². The van der Waals surface area contributed by atoms with Crippen LogP contribution >= 0.6 is 0 Å². The number of aliphatic hydroxyl groups excluding tert-OH is 1. The van der Waals surface area contributed by atoms with E-state index in [0.717, 1.165) is 18.2 Å². The van der Waals surface area contributed by atoms with Gasteiger partial charge in [0, 0.05) is 24.0 Å². The first-order chi connectivity index (χ1) is 9.66. The highest BCUT2D eigenvalue weighted by Gasteiger charge is 2.29. The van der Waals surface area contributed by atoms with Gasteiger partial charge in [-0.2, -0.15) is 0 Å². The molecule has 1 unspecified atom stereocenters. The average Bonchev–Trinajstić information content (AvgIpc) is 3.21. The number of furan rings is 1. The lowest BCUT2D eigenvalue weighted by atomic mass is 10.1. The molecule has 0 spiro atoms. The Morgan fingerprint density at radius 3 is 2.85 bits per heavy atom. The molecule has 1 heterocycles. The van der Waals surface area contributed by atoms with Gasteiger partial charge >= 0.3 is 5.97 Å². The van der Waals surface area contributed by atoms with Crippen LogP contribution in [0.2, 0.25) is 0 Å². The molecule has 1 atom stereocenters. The molecule has 1 fully saturated rings. The van der Waals surface area contributed by atoms with E-state index in [9.17, 15) is 15.0 Å². The summed E-state index contributed by atoms with van der Waals surface area (Å²) in [6.45, 7) is 0.853. The molecule has 3 rings (SSSR count). The summed E-state index contributed by atoms with van der Waals surface area (Å²) in [6, 6.07) is 7.27. The fourth-order valence-corrected chi connectivity index (χ4v) is 2.44. The van der Waals surface area contributed by atoms with Gasteiger partial charge in [0.25, 0.3) is 0 Å². The van der Waals surface area contributed by atoms with Gasteiger partial charge in [0.1, 0.15) is 5.58 Å². The van der Waals surface area contributed by atoms with Gasteiger partial charge in [-0.05, 0) is 24.8 Å². The van der Waals surface area contributed by atoms with Crippen molar-refractivity contribution in [3.05, 3.63) is 35.6 Å². The third-order valence-corrected chi connectivity index (χ3v) is 3.71. The molecule has 0 saturated heterocycles. The van der Waals surface area contributed by atoms with Gasteiger partial charge in [0.05, 0.1) is 6.10 Å². The van der Waals surface area contributed by atoms with Crippen molar-refractivity contribution in [1.82, 2.24) is 5.32 Å². The van der Waals surface area contributed by atoms with Crippen molar-refractivity contribution in [1.29, 1.82) is 0 Å². The fraction of sp³-hybridized carbons (Fsp3) is 0.400. The van der Waals surface area contributed by atoms with Gasteiger partial charge in [-0.1, -0.05) is 18.2 Å². The molecule has 1 aliphatic rings. The number of aromatic carboxylic acids is 1. The van der Waals surface area contributed by atoms with Gasteiger partial charge in [-0.15, -0.1) is 0 Å². The van der Waals surface area contributed by atoms with Gasteiger partial charge in [0.2, 0.25) is 5.76 Å². The summed E-state index contributed by atoms with van der Waals surface area (Å²) in [6.07, 6.45) is 1.82. The number of aliphatic hydroxyl groups is 1. The highest BCUT2D eigenvalue weighted by atomic mass is 16.4. The molecule has 0 bridgehead atoms. The lowest BCUT2D eigenvalue weighted by Crippen LogP contribution is -2.28. The molecule has 1 aromatic heterocycles. The molecule has 106 valence electrons. The van der Waals surface area contributed by atoms with Gasteiger partial charge < -0.3 is 19.9 Å². The number of hydrogen-bond donors (Lipinski definition) is 3. The second-order valence-corrected chi connectivity index (χ2v) is 5.25. The first-order valence-corrected chi connectivity index (χ1v) is 6.79. The minimum absolute atomic E-state index is 0.0281. The zero-order chi connectivity index (χ0) is 14.1. The monoisotopic (exact) mass is 275 g/mol. The highest BCUT2D eigenvalue weighted by Crippen LogP contribution is 2.32. The maximum atomic E-state index is 11.2. The molecule has 0 aliphatic heterocycles. The predicted molar refractivity (Wildman–Crippen MR) is 73.6 cm³/mol. The molecule has 3 N–H and O–H groups in total. The van der Waals surface area contributed by atoms with E-state index in [1.54, 1.807) is 6.07 Å². The summed E-state index contributed by atoms with van der Waals surface area (Å²) in [4.78, 5) is 11.2. The van der Waals surface area contributed by atoms with E-state index in [0.29, 0.717) is 30.2 Å². The van der Waals surface area contributed by atoms with Crippen molar-refractivity contribution in [3.63, 3.8) is 0 Å². The Bertz CT molecular complexity index is 630. The van der Waals surface area contributed by atoms with Crippen LogP contribution in [-0.4, -0.2) is 28.8 Å². The fourth-order valence-electron chi connectivity index (χ4n) is 2.44. The number of carboxylic acids is 1. The number of fused-ring (bicyclic) bond motifs is 1. The van der Waals surface area contributed by atoms with Crippen molar-refractivity contribution in [2.45, 2.75) is 25.5 Å². The molecular weight excluding hydrogens is 258 g/mol. The first-order valence-electron chi connectivity index (χ1n) is 6.79. The number of carboxylic acid groups (broad SMARTS) is 1. The van der Waals surface area contributed by atoms with Crippen LogP contribution in [0.15, 0.2) is 28.7 Å². The molecule has 5 heteroatoms. The van der Waals surface area contributed by atoms with Crippen LogP contribution in [0.3, 0.4) is 0 Å². The van der Waals surface area contributed by atoms with Gasteiger partial charge in [0.15, 0.2) is 0 Å². The van der Waals surface area contributed by atoms with Crippen LogP contribution < -0.4 is 5.32 Å². The number of carbonyl (C=O) groups is 1. The van der Waals surface area contributed by atoms with E-state index in [-0.39, 0.29) is 11.9 Å². The summed E-state index contributed by atoms with van der Waals surface area (Å²) in [5, 5.41) is 22.9. The zero-order valence-corrected chi connectivity index (χ0v) is 11.0. The number of para-hydroxylation sites is 1. The van der Waals surface area contributed by atoms with E-state index in [4.69, 9.17) is 4.42 Å².